The summed E-state index contributed by atoms with van der Waals surface area (Å²) in [6.45, 7) is 2.97. The molecule has 0 spiro atoms. The van der Waals surface area contributed by atoms with Crippen molar-refractivity contribution in [2.24, 2.45) is 0 Å². The number of halogens is 1. The lowest BCUT2D eigenvalue weighted by atomic mass is 10.1. The molecule has 0 amide bonds. The van der Waals surface area contributed by atoms with Gasteiger partial charge >= 0.3 is 0 Å². The molecule has 1 aromatic rings. The summed E-state index contributed by atoms with van der Waals surface area (Å²) in [4.78, 5) is 2.01. The van der Waals surface area contributed by atoms with Crippen LogP contribution in [0.5, 0.6) is 5.75 Å². The largest absolute Gasteiger partial charge is 0.494 e. The van der Waals surface area contributed by atoms with E-state index in [1.165, 1.54) is 24.8 Å². The van der Waals surface area contributed by atoms with Crippen molar-refractivity contribution >= 4 is 15.9 Å². The number of para-hydroxylation sites is 1. The maximum atomic E-state index is 5.62. The van der Waals surface area contributed by atoms with Crippen LogP contribution in [0.25, 0.3) is 0 Å². The van der Waals surface area contributed by atoms with E-state index in [0.717, 1.165) is 18.8 Å². The van der Waals surface area contributed by atoms with E-state index in [1.807, 2.05) is 35.3 Å². The second-order valence-corrected chi connectivity index (χ2v) is 4.39. The van der Waals surface area contributed by atoms with E-state index in [1.54, 1.807) is 0 Å². The van der Waals surface area contributed by atoms with Crippen molar-refractivity contribution in [2.75, 3.05) is 6.61 Å². The zero-order valence-corrected chi connectivity index (χ0v) is 11.4. The molecule has 0 aromatic heterocycles. The smallest absolute Gasteiger partial charge is 0.119 e. The van der Waals surface area contributed by atoms with Crippen molar-refractivity contribution in [1.29, 1.82) is 0 Å². The number of allylic oxidation sites excluding steroid dienone is 1. The summed E-state index contributed by atoms with van der Waals surface area (Å²) in [5.74, 6) is 0.971. The second kappa shape index (κ2) is 8.40. The highest BCUT2D eigenvalue weighted by Crippen LogP contribution is 2.12. The first-order chi connectivity index (χ1) is 7.83. The summed E-state index contributed by atoms with van der Waals surface area (Å²) in [5.41, 5.74) is 1.41. The van der Waals surface area contributed by atoms with Gasteiger partial charge in [0.2, 0.25) is 0 Å². The zero-order chi connectivity index (χ0) is 11.6. The van der Waals surface area contributed by atoms with Crippen molar-refractivity contribution in [3.05, 3.63) is 40.9 Å². The summed E-state index contributed by atoms with van der Waals surface area (Å²) >= 11 is 3.34. The Bertz CT molecular complexity index is 306. The number of ether oxygens (including phenoxy) is 1. The number of rotatable bonds is 7. The van der Waals surface area contributed by atoms with Gasteiger partial charge in [0.05, 0.1) is 6.61 Å². The van der Waals surface area contributed by atoms with Crippen LogP contribution < -0.4 is 4.74 Å². The fraction of sp³-hybridized carbons (Fsp3) is 0.429. The first-order valence-electron chi connectivity index (χ1n) is 5.76. The highest BCUT2D eigenvalue weighted by Gasteiger charge is 1.93. The summed E-state index contributed by atoms with van der Waals surface area (Å²) < 4.78 is 5.62. The predicted molar refractivity (Wildman–Crippen MR) is 73.1 cm³/mol. The predicted octanol–water partition coefficient (Wildman–Crippen LogP) is 4.92. The molecule has 16 heavy (non-hydrogen) atoms. The molecule has 0 fully saturated rings. The first kappa shape index (κ1) is 13.3. The summed E-state index contributed by atoms with van der Waals surface area (Å²) in [7, 11) is 0. The van der Waals surface area contributed by atoms with E-state index in [9.17, 15) is 0 Å². The number of hydrogen-bond donors (Lipinski definition) is 0. The molecule has 0 atom stereocenters. The Hall–Kier alpha value is -0.760. The van der Waals surface area contributed by atoms with Crippen molar-refractivity contribution in [2.45, 2.75) is 32.6 Å². The minimum Gasteiger partial charge on any atom is -0.494 e. The summed E-state index contributed by atoms with van der Waals surface area (Å²) in [5, 5.41) is 0. The van der Waals surface area contributed by atoms with Crippen LogP contribution in [-0.2, 0) is 0 Å². The maximum absolute atomic E-state index is 5.62. The molecule has 1 nitrogen and oxygen atoms in total. The van der Waals surface area contributed by atoms with Crippen molar-refractivity contribution < 1.29 is 4.74 Å². The van der Waals surface area contributed by atoms with Gasteiger partial charge < -0.3 is 4.74 Å². The fourth-order valence-corrected chi connectivity index (χ4v) is 1.67. The topological polar surface area (TPSA) is 9.23 Å². The van der Waals surface area contributed by atoms with Gasteiger partial charge in [-0.05, 0) is 49.7 Å². The third kappa shape index (κ3) is 5.96. The Morgan fingerprint density at radius 1 is 1.19 bits per heavy atom. The Morgan fingerprint density at radius 2 is 1.94 bits per heavy atom. The molecule has 0 bridgehead atoms. The van der Waals surface area contributed by atoms with Gasteiger partial charge in [-0.2, -0.15) is 0 Å². The van der Waals surface area contributed by atoms with Crippen LogP contribution in [-0.4, -0.2) is 6.61 Å². The number of unbranched alkanes of at least 4 members (excludes halogenated alkanes) is 2. The van der Waals surface area contributed by atoms with E-state index in [0.29, 0.717) is 0 Å². The molecule has 2 heteroatoms. The lowest BCUT2D eigenvalue weighted by Crippen LogP contribution is -1.96. The molecule has 0 aliphatic carbocycles. The number of benzene rings is 1. The number of hydrogen-bond acceptors (Lipinski definition) is 1. The molecule has 0 aliphatic rings. The van der Waals surface area contributed by atoms with E-state index < -0.39 is 0 Å². The van der Waals surface area contributed by atoms with E-state index in [-0.39, 0.29) is 0 Å². The molecular formula is C14H19BrO. The van der Waals surface area contributed by atoms with Gasteiger partial charge in [-0.15, -0.1) is 0 Å². The first-order valence-corrected chi connectivity index (χ1v) is 6.68. The van der Waals surface area contributed by atoms with Crippen LogP contribution >= 0.6 is 15.9 Å². The van der Waals surface area contributed by atoms with Crippen LogP contribution in [0.3, 0.4) is 0 Å². The quantitative estimate of drug-likeness (QED) is 0.645. The summed E-state index contributed by atoms with van der Waals surface area (Å²) in [6, 6.07) is 10.00. The molecule has 0 N–H and O–H groups in total. The lowest BCUT2D eigenvalue weighted by Gasteiger charge is -2.05. The van der Waals surface area contributed by atoms with Crippen LogP contribution in [0.4, 0.5) is 0 Å². The van der Waals surface area contributed by atoms with Gasteiger partial charge in [-0.3, -0.25) is 0 Å². The highest BCUT2D eigenvalue weighted by atomic mass is 79.9. The Kier molecular flexibility index (Phi) is 6.98. The highest BCUT2D eigenvalue weighted by molar-refractivity contribution is 9.11. The normalized spacial score (nSPS) is 11.5. The average Bonchev–Trinajstić information content (AvgIpc) is 2.34. The Morgan fingerprint density at radius 3 is 2.62 bits per heavy atom. The van der Waals surface area contributed by atoms with Crippen LogP contribution in [0.2, 0.25) is 0 Å². The average molecular weight is 283 g/mol. The lowest BCUT2D eigenvalue weighted by molar-refractivity contribution is 0.305. The van der Waals surface area contributed by atoms with Gasteiger partial charge in [0, 0.05) is 0 Å². The molecule has 1 aromatic carbocycles. The molecule has 0 unspecified atom stereocenters. The molecule has 1 rings (SSSR count). The van der Waals surface area contributed by atoms with Gasteiger partial charge in [0.15, 0.2) is 0 Å². The third-order valence-corrected chi connectivity index (χ3v) is 3.20. The molecule has 0 aliphatic heterocycles. The molecule has 0 radical (unpaired) electrons. The van der Waals surface area contributed by atoms with Crippen molar-refractivity contribution in [3.63, 3.8) is 0 Å². The van der Waals surface area contributed by atoms with E-state index in [2.05, 4.69) is 22.9 Å². The molecule has 0 saturated heterocycles. The monoisotopic (exact) mass is 282 g/mol. The van der Waals surface area contributed by atoms with Gasteiger partial charge in [-0.1, -0.05) is 39.7 Å². The third-order valence-electron chi connectivity index (χ3n) is 2.41. The fourth-order valence-electron chi connectivity index (χ4n) is 1.44. The van der Waals surface area contributed by atoms with Gasteiger partial charge in [0.1, 0.15) is 5.75 Å². The minimum absolute atomic E-state index is 0.821. The van der Waals surface area contributed by atoms with Crippen LogP contribution in [0, 0.1) is 0 Å². The van der Waals surface area contributed by atoms with Crippen molar-refractivity contribution in [1.82, 2.24) is 0 Å². The second-order valence-electron chi connectivity index (χ2n) is 3.93. The molecular weight excluding hydrogens is 264 g/mol. The van der Waals surface area contributed by atoms with E-state index in [4.69, 9.17) is 4.74 Å². The maximum Gasteiger partial charge on any atom is 0.119 e. The van der Waals surface area contributed by atoms with Gasteiger partial charge in [0.25, 0.3) is 0 Å². The van der Waals surface area contributed by atoms with Crippen LogP contribution in [0.15, 0.2) is 40.9 Å². The minimum atomic E-state index is 0.821. The molecule has 88 valence electrons. The molecule has 0 saturated carbocycles. The molecule has 0 heterocycles. The van der Waals surface area contributed by atoms with Gasteiger partial charge in [-0.25, -0.2) is 0 Å². The summed E-state index contributed by atoms with van der Waals surface area (Å²) in [6.07, 6.45) is 4.78. The zero-order valence-electron chi connectivity index (χ0n) is 9.79. The van der Waals surface area contributed by atoms with Crippen molar-refractivity contribution in [3.8, 4) is 5.75 Å². The Balaban J connectivity index is 2.01. The van der Waals surface area contributed by atoms with E-state index >= 15 is 0 Å². The Labute approximate surface area is 107 Å². The SMILES string of the molecule is C/C(=C\Br)CCCCCOc1ccccc1. The standard InChI is InChI=1S/C14H19BrO/c1-13(12-15)8-4-3-7-11-16-14-9-5-2-6-10-14/h2,5-6,9-10,12H,3-4,7-8,11H2,1H3/b13-12+. The van der Waals surface area contributed by atoms with Crippen LogP contribution in [0.1, 0.15) is 32.6 Å².